The van der Waals surface area contributed by atoms with Gasteiger partial charge in [0.25, 0.3) is 5.91 Å². The van der Waals surface area contributed by atoms with Gasteiger partial charge in [-0.2, -0.15) is 5.10 Å². The number of rotatable bonds is 3. The Balaban J connectivity index is 1.74. The van der Waals surface area contributed by atoms with E-state index in [2.05, 4.69) is 15.2 Å². The quantitative estimate of drug-likeness (QED) is 0.798. The van der Waals surface area contributed by atoms with Crippen molar-refractivity contribution in [1.82, 2.24) is 24.6 Å². The van der Waals surface area contributed by atoms with Crippen LogP contribution in [-0.2, 0) is 11.8 Å². The molecule has 0 spiro atoms. The molecule has 7 nitrogen and oxygen atoms in total. The number of carbonyl (C=O) groups is 1. The molecule has 0 radical (unpaired) electrons. The maximum absolute atomic E-state index is 13.2. The molecule has 1 N–H and O–H groups in total. The van der Waals surface area contributed by atoms with Crippen molar-refractivity contribution in [2.24, 2.45) is 7.05 Å². The van der Waals surface area contributed by atoms with Crippen LogP contribution in [0.25, 0.3) is 10.9 Å². The molecule has 3 heterocycles. The molecule has 1 saturated heterocycles. The Bertz CT molecular complexity index is 870. The summed E-state index contributed by atoms with van der Waals surface area (Å²) in [5.41, 5.74) is 1.74. The third kappa shape index (κ3) is 2.28. The summed E-state index contributed by atoms with van der Waals surface area (Å²) in [6, 6.07) is 7.78. The summed E-state index contributed by atoms with van der Waals surface area (Å²) >= 11 is 0. The van der Waals surface area contributed by atoms with Gasteiger partial charge in [0.1, 0.15) is 12.2 Å². The highest BCUT2D eigenvalue weighted by molar-refractivity contribution is 6.07. The zero-order valence-electron chi connectivity index (χ0n) is 13.6. The van der Waals surface area contributed by atoms with Crippen LogP contribution in [0.4, 0.5) is 0 Å². The Morgan fingerprint density at radius 1 is 1.38 bits per heavy atom. The number of aromatic amines is 1. The molecular formula is C17H19N5O2. The molecule has 2 aromatic heterocycles. The van der Waals surface area contributed by atoms with Gasteiger partial charge in [0.05, 0.1) is 17.7 Å². The van der Waals surface area contributed by atoms with Crippen LogP contribution in [0.1, 0.15) is 28.6 Å². The average molecular weight is 325 g/mol. The summed E-state index contributed by atoms with van der Waals surface area (Å²) in [7, 11) is 3.63. The van der Waals surface area contributed by atoms with Crippen LogP contribution < -0.4 is 0 Å². The number of para-hydroxylation sites is 1. The molecule has 1 aliphatic heterocycles. The fraction of sp³-hybridized carbons (Fsp3) is 0.353. The van der Waals surface area contributed by atoms with Gasteiger partial charge in [0, 0.05) is 44.2 Å². The average Bonchev–Trinajstić information content (AvgIpc) is 3.33. The van der Waals surface area contributed by atoms with Gasteiger partial charge in [-0.05, 0) is 6.07 Å². The standard InChI is InChI=1S/C17H19N5O2/c1-21-9-13(12-5-3-4-6-14(12)21)17(23)22-8-11(24-2)7-15(22)16-18-10-19-20-16/h3-6,9-11,15H,7-8H2,1-2H3,(H,18,19,20)/t11-,15+/m1/s1. The number of likely N-dealkylation sites (tertiary alicyclic amines) is 1. The van der Waals surface area contributed by atoms with Crippen molar-refractivity contribution >= 4 is 16.8 Å². The number of hydrogen-bond acceptors (Lipinski definition) is 4. The Morgan fingerprint density at radius 2 is 2.21 bits per heavy atom. The second-order valence-electron chi connectivity index (χ2n) is 6.11. The van der Waals surface area contributed by atoms with Crippen LogP contribution in [0.15, 0.2) is 36.8 Å². The van der Waals surface area contributed by atoms with Crippen molar-refractivity contribution in [2.45, 2.75) is 18.6 Å². The Kier molecular flexibility index (Phi) is 3.57. The normalized spacial score (nSPS) is 20.8. The minimum Gasteiger partial charge on any atom is -0.380 e. The summed E-state index contributed by atoms with van der Waals surface area (Å²) in [6.07, 6.45) is 4.07. The van der Waals surface area contributed by atoms with Crippen molar-refractivity contribution in [2.75, 3.05) is 13.7 Å². The van der Waals surface area contributed by atoms with E-state index in [1.54, 1.807) is 7.11 Å². The van der Waals surface area contributed by atoms with E-state index in [-0.39, 0.29) is 18.1 Å². The third-order valence-corrected chi connectivity index (χ3v) is 4.73. The van der Waals surface area contributed by atoms with Gasteiger partial charge < -0.3 is 14.2 Å². The molecule has 1 amide bonds. The number of ether oxygens (including phenoxy) is 1. The van der Waals surface area contributed by atoms with Crippen LogP contribution in [0.2, 0.25) is 0 Å². The van der Waals surface area contributed by atoms with E-state index in [1.165, 1.54) is 6.33 Å². The number of nitrogens with zero attached hydrogens (tertiary/aromatic N) is 4. The lowest BCUT2D eigenvalue weighted by Gasteiger charge is -2.22. The second-order valence-corrected chi connectivity index (χ2v) is 6.11. The van der Waals surface area contributed by atoms with Gasteiger partial charge in [0.2, 0.25) is 0 Å². The summed E-state index contributed by atoms with van der Waals surface area (Å²) in [5.74, 6) is 0.691. The van der Waals surface area contributed by atoms with E-state index in [9.17, 15) is 4.79 Å². The number of aryl methyl sites for hydroxylation is 1. The molecule has 1 aliphatic rings. The van der Waals surface area contributed by atoms with E-state index >= 15 is 0 Å². The highest BCUT2D eigenvalue weighted by atomic mass is 16.5. The Morgan fingerprint density at radius 3 is 2.96 bits per heavy atom. The maximum atomic E-state index is 13.2. The molecule has 4 rings (SSSR count). The number of H-pyrrole nitrogens is 1. The fourth-order valence-corrected chi connectivity index (χ4v) is 3.49. The summed E-state index contributed by atoms with van der Waals surface area (Å²) < 4.78 is 7.47. The van der Waals surface area contributed by atoms with Gasteiger partial charge in [-0.1, -0.05) is 18.2 Å². The summed E-state index contributed by atoms with van der Waals surface area (Å²) in [5, 5.41) is 7.77. The zero-order valence-corrected chi connectivity index (χ0v) is 13.6. The van der Waals surface area contributed by atoms with Gasteiger partial charge in [-0.25, -0.2) is 4.98 Å². The van der Waals surface area contributed by atoms with Gasteiger partial charge >= 0.3 is 0 Å². The molecule has 1 aromatic carbocycles. The first-order valence-corrected chi connectivity index (χ1v) is 7.92. The van der Waals surface area contributed by atoms with E-state index in [0.717, 1.165) is 10.9 Å². The van der Waals surface area contributed by atoms with E-state index in [1.807, 2.05) is 47.0 Å². The first kappa shape index (κ1) is 14.9. The fourth-order valence-electron chi connectivity index (χ4n) is 3.49. The van der Waals surface area contributed by atoms with E-state index < -0.39 is 0 Å². The molecular weight excluding hydrogens is 306 g/mol. The van der Waals surface area contributed by atoms with Crippen LogP contribution >= 0.6 is 0 Å². The van der Waals surface area contributed by atoms with E-state index in [0.29, 0.717) is 24.4 Å². The Hall–Kier alpha value is -2.67. The summed E-state index contributed by atoms with van der Waals surface area (Å²) in [6.45, 7) is 0.546. The van der Waals surface area contributed by atoms with Crippen LogP contribution in [-0.4, -0.2) is 50.3 Å². The lowest BCUT2D eigenvalue weighted by molar-refractivity contribution is 0.0686. The predicted octanol–water partition coefficient (Wildman–Crippen LogP) is 1.90. The highest BCUT2D eigenvalue weighted by Crippen LogP contribution is 2.34. The second kappa shape index (κ2) is 5.76. The topological polar surface area (TPSA) is 76.0 Å². The van der Waals surface area contributed by atoms with Crippen LogP contribution in [0.3, 0.4) is 0 Å². The number of carbonyl (C=O) groups excluding carboxylic acids is 1. The van der Waals surface area contributed by atoms with Gasteiger partial charge in [0.15, 0.2) is 0 Å². The maximum Gasteiger partial charge on any atom is 0.256 e. The smallest absolute Gasteiger partial charge is 0.256 e. The number of aromatic nitrogens is 4. The molecule has 3 aromatic rings. The third-order valence-electron chi connectivity index (χ3n) is 4.73. The number of fused-ring (bicyclic) bond motifs is 1. The molecule has 0 saturated carbocycles. The Labute approximate surface area is 139 Å². The van der Waals surface area contributed by atoms with Crippen molar-refractivity contribution in [3.05, 3.63) is 48.2 Å². The molecule has 24 heavy (non-hydrogen) atoms. The highest BCUT2D eigenvalue weighted by Gasteiger charge is 2.39. The number of benzene rings is 1. The summed E-state index contributed by atoms with van der Waals surface area (Å²) in [4.78, 5) is 19.3. The number of hydrogen-bond donors (Lipinski definition) is 1. The van der Waals surface area contributed by atoms with Crippen LogP contribution in [0.5, 0.6) is 0 Å². The van der Waals surface area contributed by atoms with Crippen molar-refractivity contribution < 1.29 is 9.53 Å². The molecule has 124 valence electrons. The zero-order chi connectivity index (χ0) is 16.7. The largest absolute Gasteiger partial charge is 0.380 e. The number of methoxy groups -OCH3 is 1. The van der Waals surface area contributed by atoms with Gasteiger partial charge in [-0.3, -0.25) is 9.89 Å². The molecule has 0 bridgehead atoms. The van der Waals surface area contributed by atoms with Crippen LogP contribution in [0, 0.1) is 0 Å². The lowest BCUT2D eigenvalue weighted by atomic mass is 10.1. The molecule has 0 aliphatic carbocycles. The first-order chi connectivity index (χ1) is 11.7. The molecule has 0 unspecified atom stereocenters. The van der Waals surface area contributed by atoms with Crippen molar-refractivity contribution in [3.63, 3.8) is 0 Å². The SMILES string of the molecule is CO[C@@H]1C[C@@H](c2ncn[nH]2)N(C(=O)c2cn(C)c3ccccc23)C1. The van der Waals surface area contributed by atoms with Crippen molar-refractivity contribution in [1.29, 1.82) is 0 Å². The molecule has 2 atom stereocenters. The lowest BCUT2D eigenvalue weighted by Crippen LogP contribution is -2.32. The van der Waals surface area contributed by atoms with Gasteiger partial charge in [-0.15, -0.1) is 0 Å². The molecule has 1 fully saturated rings. The number of nitrogens with one attached hydrogen (secondary N) is 1. The first-order valence-electron chi connectivity index (χ1n) is 7.92. The minimum absolute atomic E-state index is 0.000901. The monoisotopic (exact) mass is 325 g/mol. The predicted molar refractivity (Wildman–Crippen MR) is 88.5 cm³/mol. The minimum atomic E-state index is -0.149. The van der Waals surface area contributed by atoms with E-state index in [4.69, 9.17) is 4.74 Å². The van der Waals surface area contributed by atoms with Crippen molar-refractivity contribution in [3.8, 4) is 0 Å². The number of amides is 1. The molecule has 7 heteroatoms.